The number of imidazole rings is 3. The number of nitrogens with one attached hydrogen (secondary N) is 3. The predicted molar refractivity (Wildman–Crippen MR) is 317 cm³/mol. The van der Waals surface area contributed by atoms with Crippen LogP contribution in [0, 0.1) is 12.7 Å². The third-order valence-electron chi connectivity index (χ3n) is 12.0. The summed E-state index contributed by atoms with van der Waals surface area (Å²) in [4.78, 5) is 66.7. The van der Waals surface area contributed by atoms with E-state index in [-0.39, 0.29) is 104 Å². The van der Waals surface area contributed by atoms with E-state index in [1.54, 1.807) is 44.6 Å². The standard InChI is InChI=1S/C17H21ClN5O5P.C17H21FN5O5P.C17H22N5O4P/c2*1-26-13-4-3-11(7-12(13)18)8-28-29(2,25)10-27-6-5-23-9-20-14-15(23)21-17(19)22-16(14)24;1-12-3-5-13(6-4-12)9-26-27(2,24)11-25-8-7-22-10-19-14-15(22)20-17(18)21-16(14)23/h2*3-4,7,9H,5-6,8,10H2,1-2H3,(H3,19,21,22,24);3-6,10H,7-9,11H2,1-2H3,(H3,18,20,21,23). The van der Waals surface area contributed by atoms with Crippen LogP contribution in [0.4, 0.5) is 22.2 Å². The Morgan fingerprint density at radius 1 is 0.529 bits per heavy atom. The number of nitrogen functional groups attached to an aromatic ring is 3. The van der Waals surface area contributed by atoms with E-state index in [1.165, 1.54) is 58.7 Å². The van der Waals surface area contributed by atoms with Gasteiger partial charge in [0.05, 0.1) is 77.9 Å². The van der Waals surface area contributed by atoms with Crippen molar-refractivity contribution >= 4 is 85.0 Å². The van der Waals surface area contributed by atoms with Crippen molar-refractivity contribution in [3.63, 3.8) is 0 Å². The number of rotatable bonds is 26. The number of benzene rings is 3. The first-order valence-electron chi connectivity index (χ1n) is 25.6. The molecule has 34 heteroatoms. The van der Waals surface area contributed by atoms with Gasteiger partial charge in [0.2, 0.25) is 40.0 Å². The number of fused-ring (bicyclic) bond motifs is 3. The fraction of sp³-hybridized carbons (Fsp3) is 0.353. The zero-order chi connectivity index (χ0) is 61.5. The minimum atomic E-state index is -3.05. The number of H-pyrrole nitrogens is 3. The van der Waals surface area contributed by atoms with Crippen molar-refractivity contribution in [3.8, 4) is 11.5 Å². The Bertz CT molecular complexity index is 3910. The van der Waals surface area contributed by atoms with E-state index < -0.39 is 39.0 Å². The number of nitrogens with two attached hydrogens (primary N) is 3. The first-order chi connectivity index (χ1) is 40.4. The van der Waals surface area contributed by atoms with Crippen LogP contribution >= 0.6 is 33.7 Å². The van der Waals surface area contributed by atoms with E-state index in [9.17, 15) is 32.5 Å². The second-order valence-corrected chi connectivity index (χ2v) is 27.1. The highest BCUT2D eigenvalue weighted by Gasteiger charge is 2.21. The van der Waals surface area contributed by atoms with Gasteiger partial charge < -0.3 is 68.2 Å². The van der Waals surface area contributed by atoms with Gasteiger partial charge >= 0.3 is 0 Å². The molecule has 0 spiro atoms. The molecular formula is C51H64ClFN15O14P3. The van der Waals surface area contributed by atoms with Crippen LogP contribution < -0.4 is 43.4 Å². The minimum absolute atomic E-state index is 0.00163. The third-order valence-corrected chi connectivity index (χ3v) is 16.2. The number of hydrogen-bond acceptors (Lipinski definition) is 23. The summed E-state index contributed by atoms with van der Waals surface area (Å²) in [5.74, 6) is 0.196. The number of methoxy groups -OCH3 is 2. The zero-order valence-corrected chi connectivity index (χ0v) is 50.5. The van der Waals surface area contributed by atoms with Crippen LogP contribution in [0.3, 0.4) is 0 Å². The summed E-state index contributed by atoms with van der Waals surface area (Å²) in [5.41, 5.74) is 20.6. The molecule has 0 radical (unpaired) electrons. The average molecular weight is 1260 g/mol. The minimum Gasteiger partial charge on any atom is -0.495 e. The molecule has 9 rings (SSSR count). The Hall–Kier alpha value is -7.62. The topological polar surface area (TPSA) is 394 Å². The number of aromatic amines is 3. The Morgan fingerprint density at radius 2 is 0.871 bits per heavy atom. The highest BCUT2D eigenvalue weighted by Crippen LogP contribution is 2.45. The smallest absolute Gasteiger partial charge is 0.280 e. The molecule has 0 aliphatic rings. The van der Waals surface area contributed by atoms with Gasteiger partial charge in [-0.2, -0.15) is 15.0 Å². The van der Waals surface area contributed by atoms with Gasteiger partial charge in [-0.3, -0.25) is 43.0 Å². The average Bonchev–Trinajstić information content (AvgIpc) is 3.65. The fourth-order valence-electron chi connectivity index (χ4n) is 7.61. The van der Waals surface area contributed by atoms with Crippen molar-refractivity contribution in [1.29, 1.82) is 0 Å². The predicted octanol–water partition coefficient (Wildman–Crippen LogP) is 6.52. The molecule has 0 aliphatic heterocycles. The lowest BCUT2D eigenvalue weighted by molar-refractivity contribution is 0.153. The van der Waals surface area contributed by atoms with Gasteiger partial charge in [-0.15, -0.1) is 0 Å². The van der Waals surface area contributed by atoms with E-state index in [4.69, 9.17) is 66.1 Å². The summed E-state index contributed by atoms with van der Waals surface area (Å²) in [6.45, 7) is 8.68. The van der Waals surface area contributed by atoms with Crippen molar-refractivity contribution in [3.05, 3.63) is 144 Å². The van der Waals surface area contributed by atoms with Gasteiger partial charge in [0.1, 0.15) is 24.8 Å². The molecule has 29 nitrogen and oxygen atoms in total. The van der Waals surface area contributed by atoms with E-state index >= 15 is 0 Å². The molecular weight excluding hydrogens is 1190 g/mol. The maximum absolute atomic E-state index is 13.7. The van der Waals surface area contributed by atoms with Crippen LogP contribution in [-0.4, -0.2) is 132 Å². The van der Waals surface area contributed by atoms with E-state index in [1.807, 2.05) is 31.2 Å². The van der Waals surface area contributed by atoms with E-state index in [2.05, 4.69) is 44.9 Å². The van der Waals surface area contributed by atoms with Gasteiger partial charge in [0, 0.05) is 39.6 Å². The molecule has 6 aromatic heterocycles. The largest absolute Gasteiger partial charge is 0.495 e. The molecule has 3 aromatic carbocycles. The molecule has 9 aromatic rings. The molecule has 3 unspecified atom stereocenters. The maximum Gasteiger partial charge on any atom is 0.280 e. The van der Waals surface area contributed by atoms with Crippen LogP contribution in [0.15, 0.2) is 94.0 Å². The van der Waals surface area contributed by atoms with Crippen molar-refractivity contribution in [2.45, 2.75) is 46.4 Å². The summed E-state index contributed by atoms with van der Waals surface area (Å²) in [6, 6.07) is 17.4. The normalized spacial score (nSPS) is 13.6. The molecule has 6 heterocycles. The lowest BCUT2D eigenvalue weighted by atomic mass is 10.2. The Morgan fingerprint density at radius 3 is 1.22 bits per heavy atom. The second kappa shape index (κ2) is 29.5. The van der Waals surface area contributed by atoms with E-state index in [0.29, 0.717) is 52.9 Å². The van der Waals surface area contributed by atoms with Crippen molar-refractivity contribution in [2.24, 2.45) is 0 Å². The van der Waals surface area contributed by atoms with Crippen LogP contribution in [0.5, 0.6) is 11.5 Å². The Balaban J connectivity index is 0.000000183. The first kappa shape index (κ1) is 64.9. The fourth-order valence-corrected chi connectivity index (χ4v) is 10.8. The second-order valence-electron chi connectivity index (χ2n) is 19.1. The van der Waals surface area contributed by atoms with Crippen molar-refractivity contribution < 1.29 is 55.3 Å². The molecule has 85 heavy (non-hydrogen) atoms. The Labute approximate surface area is 489 Å². The van der Waals surface area contributed by atoms with Crippen LogP contribution in [0.2, 0.25) is 5.02 Å². The molecule has 0 saturated heterocycles. The highest BCUT2D eigenvalue weighted by molar-refractivity contribution is 7.58. The summed E-state index contributed by atoms with van der Waals surface area (Å²) in [5, 5.41) is 0.455. The molecule has 3 atom stereocenters. The number of hydrogen-bond donors (Lipinski definition) is 6. The van der Waals surface area contributed by atoms with Crippen LogP contribution in [0.1, 0.15) is 22.3 Å². The third kappa shape index (κ3) is 18.9. The molecule has 0 aliphatic carbocycles. The maximum atomic E-state index is 13.7. The van der Waals surface area contributed by atoms with Gasteiger partial charge in [0.25, 0.3) is 16.7 Å². The van der Waals surface area contributed by atoms with E-state index in [0.717, 1.165) is 16.7 Å². The number of aromatic nitrogens is 12. The number of nitrogens with zero attached hydrogens (tertiary/aromatic N) is 9. The summed E-state index contributed by atoms with van der Waals surface area (Å²) in [6.07, 6.45) is 4.26. The molecule has 456 valence electrons. The molecule has 0 fully saturated rings. The number of anilines is 3. The lowest BCUT2D eigenvalue weighted by Crippen LogP contribution is -2.13. The van der Waals surface area contributed by atoms with Crippen LogP contribution in [0.25, 0.3) is 33.5 Å². The summed E-state index contributed by atoms with van der Waals surface area (Å²) >= 11 is 6.08. The number of halogens is 2. The molecule has 0 saturated carbocycles. The van der Waals surface area contributed by atoms with Crippen molar-refractivity contribution in [2.75, 3.05) is 90.3 Å². The lowest BCUT2D eigenvalue weighted by Gasteiger charge is -2.15. The number of ether oxygens (including phenoxy) is 5. The zero-order valence-electron chi connectivity index (χ0n) is 47.1. The van der Waals surface area contributed by atoms with Crippen LogP contribution in [-0.2, 0) is 80.9 Å². The van der Waals surface area contributed by atoms with Crippen molar-refractivity contribution in [1.82, 2.24) is 58.6 Å². The monoisotopic (exact) mass is 1260 g/mol. The summed E-state index contributed by atoms with van der Waals surface area (Å²) < 4.78 is 99.0. The van der Waals surface area contributed by atoms with Gasteiger partial charge in [0.15, 0.2) is 45.1 Å². The van der Waals surface area contributed by atoms with Gasteiger partial charge in [-0.25, -0.2) is 19.3 Å². The quantitative estimate of drug-likeness (QED) is 0.0248. The number of aryl methyl sites for hydroxylation is 1. The van der Waals surface area contributed by atoms with Gasteiger partial charge in [-0.1, -0.05) is 53.6 Å². The molecule has 9 N–H and O–H groups in total. The molecule has 0 bridgehead atoms. The SMILES string of the molecule is COc1ccc(COP(C)(=O)COCCn2cnc3c(=O)[nH]c(N)nc32)cc1Cl.COc1ccc(COP(C)(=O)COCCn2cnc3c(=O)[nH]c(N)nc32)cc1F.Cc1ccc(COP(C)(=O)COCCn2cnc3c(=O)[nH]c(N)nc32)cc1. The van der Waals surface area contributed by atoms with Gasteiger partial charge in [-0.05, 0) is 47.9 Å². The first-order valence-corrected chi connectivity index (χ1v) is 32.8. The Kier molecular flexibility index (Phi) is 22.5. The highest BCUT2D eigenvalue weighted by atomic mass is 35.5. The molecule has 0 amide bonds. The summed E-state index contributed by atoms with van der Waals surface area (Å²) in [7, 11) is -6.00.